The maximum atomic E-state index is 12.7. The van der Waals surface area contributed by atoms with Crippen molar-refractivity contribution in [1.29, 1.82) is 0 Å². The number of hydrazine groups is 1. The summed E-state index contributed by atoms with van der Waals surface area (Å²) < 4.78 is 10.4. The number of benzene rings is 1. The largest absolute Gasteiger partial charge is 0.469 e. The van der Waals surface area contributed by atoms with Crippen molar-refractivity contribution in [2.75, 3.05) is 11.9 Å². The third-order valence-electron chi connectivity index (χ3n) is 4.25. The molecule has 0 saturated heterocycles. The molecule has 3 rings (SSSR count). The molecule has 0 bridgehead atoms. The fraction of sp³-hybridized carbons (Fsp3) is 0.190. The lowest BCUT2D eigenvalue weighted by molar-refractivity contribution is 0.0528. The van der Waals surface area contributed by atoms with E-state index in [2.05, 4.69) is 16.2 Å². The van der Waals surface area contributed by atoms with E-state index in [1.54, 1.807) is 19.9 Å². The van der Waals surface area contributed by atoms with E-state index in [0.717, 1.165) is 16.0 Å². The van der Waals surface area contributed by atoms with Crippen LogP contribution < -0.4 is 16.2 Å². The van der Waals surface area contributed by atoms with E-state index in [9.17, 15) is 9.59 Å². The number of thiocarbonyl (C=S) groups is 1. The summed E-state index contributed by atoms with van der Waals surface area (Å²) in [5.41, 5.74) is 7.66. The van der Waals surface area contributed by atoms with E-state index in [-0.39, 0.29) is 17.6 Å². The van der Waals surface area contributed by atoms with Crippen LogP contribution in [0, 0.1) is 13.8 Å². The zero-order valence-corrected chi connectivity index (χ0v) is 18.3. The number of esters is 1. The standard InChI is InChI=1S/C21H21N3O4S2/c1-4-27-20(26)17-16(14-8-6-5-7-9-14)13(3)30-19(17)22-21(29)24-23-18(25)15-10-11-28-12(15)2/h5-11H,4H2,1-3H3,(H,23,25)(H2,22,24,29). The van der Waals surface area contributed by atoms with E-state index < -0.39 is 5.97 Å². The van der Waals surface area contributed by atoms with Gasteiger partial charge in [0.15, 0.2) is 5.11 Å². The second-order valence-electron chi connectivity index (χ2n) is 6.25. The smallest absolute Gasteiger partial charge is 0.341 e. The summed E-state index contributed by atoms with van der Waals surface area (Å²) in [5, 5.41) is 3.67. The minimum atomic E-state index is -0.441. The molecule has 0 aliphatic heterocycles. The van der Waals surface area contributed by atoms with Gasteiger partial charge in [0.1, 0.15) is 16.3 Å². The van der Waals surface area contributed by atoms with Crippen LogP contribution in [0.5, 0.6) is 0 Å². The fourth-order valence-electron chi connectivity index (χ4n) is 2.92. The van der Waals surface area contributed by atoms with Gasteiger partial charge in [-0.05, 0) is 44.6 Å². The minimum Gasteiger partial charge on any atom is -0.469 e. The van der Waals surface area contributed by atoms with Crippen LogP contribution in [0.3, 0.4) is 0 Å². The molecule has 0 fully saturated rings. The first-order valence-corrected chi connectivity index (χ1v) is 10.4. The highest BCUT2D eigenvalue weighted by Crippen LogP contribution is 2.40. The molecule has 0 aliphatic rings. The van der Waals surface area contributed by atoms with Gasteiger partial charge in [-0.2, -0.15) is 0 Å². The zero-order valence-electron chi connectivity index (χ0n) is 16.7. The van der Waals surface area contributed by atoms with Crippen molar-refractivity contribution in [3.63, 3.8) is 0 Å². The minimum absolute atomic E-state index is 0.135. The Bertz CT molecular complexity index is 1070. The molecule has 2 heterocycles. The highest BCUT2D eigenvalue weighted by Gasteiger charge is 2.25. The Labute approximate surface area is 183 Å². The molecule has 7 nitrogen and oxygen atoms in total. The number of carbonyl (C=O) groups excluding carboxylic acids is 2. The van der Waals surface area contributed by atoms with Gasteiger partial charge in [-0.3, -0.25) is 15.6 Å². The van der Waals surface area contributed by atoms with E-state index in [1.807, 2.05) is 37.3 Å². The van der Waals surface area contributed by atoms with Gasteiger partial charge in [-0.15, -0.1) is 11.3 Å². The number of hydrogen-bond acceptors (Lipinski definition) is 6. The van der Waals surface area contributed by atoms with Crippen molar-refractivity contribution in [2.24, 2.45) is 0 Å². The summed E-state index contributed by atoms with van der Waals surface area (Å²) in [4.78, 5) is 25.8. The van der Waals surface area contributed by atoms with E-state index in [1.165, 1.54) is 17.6 Å². The molecule has 3 N–H and O–H groups in total. The van der Waals surface area contributed by atoms with Gasteiger partial charge in [-0.1, -0.05) is 30.3 Å². The van der Waals surface area contributed by atoms with Crippen molar-refractivity contribution in [1.82, 2.24) is 10.9 Å². The molecule has 0 spiro atoms. The SMILES string of the molecule is CCOC(=O)c1c(NC(=S)NNC(=O)c2ccoc2C)sc(C)c1-c1ccccc1. The third-order valence-corrected chi connectivity index (χ3v) is 5.47. The number of aryl methyl sites for hydroxylation is 2. The van der Waals surface area contributed by atoms with Crippen molar-refractivity contribution in [3.05, 3.63) is 64.4 Å². The van der Waals surface area contributed by atoms with Gasteiger partial charge < -0.3 is 14.5 Å². The number of nitrogens with one attached hydrogen (secondary N) is 3. The Kier molecular flexibility index (Phi) is 6.86. The van der Waals surface area contributed by atoms with Gasteiger partial charge in [0.25, 0.3) is 5.91 Å². The van der Waals surface area contributed by atoms with Crippen LogP contribution in [0.4, 0.5) is 5.00 Å². The summed E-state index contributed by atoms with van der Waals surface area (Å²) in [6, 6.07) is 11.2. The van der Waals surface area contributed by atoms with Crippen LogP contribution in [-0.2, 0) is 4.74 Å². The maximum absolute atomic E-state index is 12.7. The van der Waals surface area contributed by atoms with Crippen LogP contribution >= 0.6 is 23.6 Å². The molecule has 0 saturated carbocycles. The molecular weight excluding hydrogens is 422 g/mol. The number of rotatable bonds is 5. The summed E-state index contributed by atoms with van der Waals surface area (Å²) in [5.74, 6) is -0.327. The molecule has 0 aliphatic carbocycles. The number of hydrogen-bond donors (Lipinski definition) is 3. The first-order valence-electron chi connectivity index (χ1n) is 9.19. The van der Waals surface area contributed by atoms with E-state index in [0.29, 0.717) is 21.9 Å². The molecule has 1 amide bonds. The molecule has 0 radical (unpaired) electrons. The van der Waals surface area contributed by atoms with Crippen LogP contribution in [0.15, 0.2) is 47.1 Å². The Balaban J connectivity index is 1.81. The molecule has 156 valence electrons. The lowest BCUT2D eigenvalue weighted by Crippen LogP contribution is -2.43. The average Bonchev–Trinajstić information content (AvgIpc) is 3.29. The van der Waals surface area contributed by atoms with Crippen molar-refractivity contribution in [2.45, 2.75) is 20.8 Å². The van der Waals surface area contributed by atoms with Crippen LogP contribution in [0.2, 0.25) is 0 Å². The Morgan fingerprint density at radius 1 is 1.13 bits per heavy atom. The second-order valence-corrected chi connectivity index (χ2v) is 7.88. The Morgan fingerprint density at radius 3 is 2.50 bits per heavy atom. The molecule has 0 unspecified atom stereocenters. The quantitative estimate of drug-likeness (QED) is 0.305. The van der Waals surface area contributed by atoms with Gasteiger partial charge in [0.05, 0.1) is 18.4 Å². The number of carbonyl (C=O) groups is 2. The van der Waals surface area contributed by atoms with E-state index in [4.69, 9.17) is 21.4 Å². The molecule has 9 heteroatoms. The first-order chi connectivity index (χ1) is 14.4. The summed E-state index contributed by atoms with van der Waals surface area (Å²) in [6.45, 7) is 5.63. The molecule has 2 aromatic heterocycles. The summed E-state index contributed by atoms with van der Waals surface area (Å²) >= 11 is 6.68. The average molecular weight is 444 g/mol. The van der Waals surface area contributed by atoms with Crippen LogP contribution in [0.1, 0.15) is 38.3 Å². The highest BCUT2D eigenvalue weighted by atomic mass is 32.1. The summed E-state index contributed by atoms with van der Waals surface area (Å²) in [6.07, 6.45) is 1.44. The lowest BCUT2D eigenvalue weighted by Gasteiger charge is -2.12. The number of furan rings is 1. The first kappa shape index (κ1) is 21.5. The number of thiophene rings is 1. The van der Waals surface area contributed by atoms with Crippen molar-refractivity contribution >= 4 is 45.5 Å². The topological polar surface area (TPSA) is 92.6 Å². The maximum Gasteiger partial charge on any atom is 0.341 e. The molecule has 30 heavy (non-hydrogen) atoms. The van der Waals surface area contributed by atoms with E-state index >= 15 is 0 Å². The number of amides is 1. The number of anilines is 1. The van der Waals surface area contributed by atoms with Gasteiger partial charge >= 0.3 is 5.97 Å². The Morgan fingerprint density at radius 2 is 1.87 bits per heavy atom. The predicted octanol–water partition coefficient (Wildman–Crippen LogP) is 4.43. The van der Waals surface area contributed by atoms with Crippen molar-refractivity contribution < 1.29 is 18.7 Å². The lowest BCUT2D eigenvalue weighted by atomic mass is 10.0. The molecule has 0 atom stereocenters. The zero-order chi connectivity index (χ0) is 21.7. The molecule has 1 aromatic carbocycles. The normalized spacial score (nSPS) is 10.4. The summed E-state index contributed by atoms with van der Waals surface area (Å²) in [7, 11) is 0. The third kappa shape index (κ3) is 4.69. The van der Waals surface area contributed by atoms with Crippen LogP contribution in [-0.4, -0.2) is 23.6 Å². The predicted molar refractivity (Wildman–Crippen MR) is 121 cm³/mol. The fourth-order valence-corrected chi connectivity index (χ4v) is 4.21. The van der Waals surface area contributed by atoms with Crippen LogP contribution in [0.25, 0.3) is 11.1 Å². The monoisotopic (exact) mass is 443 g/mol. The highest BCUT2D eigenvalue weighted by molar-refractivity contribution is 7.80. The number of ether oxygens (including phenoxy) is 1. The second kappa shape index (κ2) is 9.55. The van der Waals surface area contributed by atoms with Crippen molar-refractivity contribution in [3.8, 4) is 11.1 Å². The van der Waals surface area contributed by atoms with Gasteiger partial charge in [-0.25, -0.2) is 4.79 Å². The van der Waals surface area contributed by atoms with Gasteiger partial charge in [0, 0.05) is 10.4 Å². The molecule has 3 aromatic rings. The van der Waals surface area contributed by atoms with Gasteiger partial charge in [0.2, 0.25) is 0 Å². The Hall–Kier alpha value is -3.17. The molecular formula is C21H21N3O4S2.